The van der Waals surface area contributed by atoms with Crippen LogP contribution in [0.15, 0.2) is 126 Å². The third kappa shape index (κ3) is 5.07. The molecule has 1 saturated carbocycles. The first-order valence-corrected chi connectivity index (χ1v) is 13.7. The molecule has 0 heterocycles. The number of aliphatic imine (C=N–C) groups is 1. The van der Waals surface area contributed by atoms with Crippen LogP contribution in [0, 0.1) is 5.41 Å². The summed E-state index contributed by atoms with van der Waals surface area (Å²) in [6, 6.07) is 38.4. The van der Waals surface area contributed by atoms with E-state index in [1.54, 1.807) is 0 Å². The lowest BCUT2D eigenvalue weighted by molar-refractivity contribution is -0.172. The highest BCUT2D eigenvalue weighted by molar-refractivity contribution is 6.14. The number of nitrogens with zero attached hydrogens (tertiary/aromatic N) is 1. The van der Waals surface area contributed by atoms with E-state index in [1.165, 1.54) is 7.11 Å². The molecule has 0 bridgehead atoms. The first kappa shape index (κ1) is 27.1. The van der Waals surface area contributed by atoms with Crippen LogP contribution in [-0.4, -0.2) is 24.8 Å². The maximum Gasteiger partial charge on any atom is 0.339 e. The number of methoxy groups -OCH3 is 1. The van der Waals surface area contributed by atoms with Gasteiger partial charge in [-0.1, -0.05) is 134 Å². The molecule has 1 fully saturated rings. The van der Waals surface area contributed by atoms with Crippen molar-refractivity contribution in [2.75, 3.05) is 7.11 Å². The van der Waals surface area contributed by atoms with E-state index >= 15 is 0 Å². The lowest BCUT2D eigenvalue weighted by Gasteiger charge is -2.42. The fourth-order valence-electron chi connectivity index (χ4n) is 5.84. The van der Waals surface area contributed by atoms with Crippen molar-refractivity contribution in [3.8, 4) is 0 Å². The van der Waals surface area contributed by atoms with Crippen molar-refractivity contribution in [2.24, 2.45) is 10.4 Å². The van der Waals surface area contributed by atoms with Crippen molar-refractivity contribution in [3.63, 3.8) is 0 Å². The highest BCUT2D eigenvalue weighted by atomic mass is 16.5. The molecule has 5 nitrogen and oxygen atoms in total. The molecule has 0 aromatic heterocycles. The number of carbonyl (C=O) groups excluding carboxylic acids is 2. The summed E-state index contributed by atoms with van der Waals surface area (Å²) in [6.07, 6.45) is 2.44. The van der Waals surface area contributed by atoms with Gasteiger partial charge in [0.25, 0.3) is 0 Å². The van der Waals surface area contributed by atoms with Gasteiger partial charge in [-0.25, -0.2) is 4.79 Å². The molecule has 1 aliphatic rings. The molecule has 0 N–H and O–H groups in total. The molecule has 4 aromatic carbocycles. The minimum absolute atomic E-state index is 0.113. The van der Waals surface area contributed by atoms with Gasteiger partial charge in [0.1, 0.15) is 12.0 Å². The van der Waals surface area contributed by atoms with E-state index < -0.39 is 22.9 Å². The lowest BCUT2D eigenvalue weighted by atomic mass is 9.64. The van der Waals surface area contributed by atoms with E-state index in [0.29, 0.717) is 24.1 Å². The van der Waals surface area contributed by atoms with Gasteiger partial charge in [0.05, 0.1) is 12.8 Å². The minimum atomic E-state index is -1.67. The molecule has 0 spiro atoms. The van der Waals surface area contributed by atoms with Gasteiger partial charge in [-0.15, -0.1) is 0 Å². The predicted octanol–water partition coefficient (Wildman–Crippen LogP) is 6.90. The molecular weight excluding hydrogens is 498 g/mol. The summed E-state index contributed by atoms with van der Waals surface area (Å²) in [5.41, 5.74) is 0.833. The Morgan fingerprint density at radius 3 is 1.70 bits per heavy atom. The average molecular weight is 532 g/mol. The molecule has 5 heteroatoms. The Hall–Kier alpha value is -4.51. The lowest BCUT2D eigenvalue weighted by Crippen LogP contribution is -2.55. The molecule has 202 valence electrons. The van der Waals surface area contributed by atoms with Crippen LogP contribution in [-0.2, 0) is 31.2 Å². The standard InChI is InChI=1S/C35H33NO4/c1-39-33(38)35(30-22-12-5-13-23-30,36-31(28-18-8-3-9-19-28)29-20-10-4-11-21-29)34(24-14-15-25-34)32(37)40-26-27-16-6-2-7-17-27/h2-13,16-23H,14-15,24-26H2,1H3/t35-/m1/s1. The largest absolute Gasteiger partial charge is 0.467 e. The Kier molecular flexibility index (Phi) is 8.20. The molecule has 5 rings (SSSR count). The maximum absolute atomic E-state index is 14.3. The second kappa shape index (κ2) is 12.1. The zero-order valence-corrected chi connectivity index (χ0v) is 22.7. The van der Waals surface area contributed by atoms with Crippen LogP contribution in [0.1, 0.15) is 47.9 Å². The van der Waals surface area contributed by atoms with Crippen LogP contribution in [0.2, 0.25) is 0 Å². The van der Waals surface area contributed by atoms with Gasteiger partial charge >= 0.3 is 11.9 Å². The van der Waals surface area contributed by atoms with Crippen molar-refractivity contribution in [1.82, 2.24) is 0 Å². The van der Waals surface area contributed by atoms with E-state index in [2.05, 4.69) is 0 Å². The van der Waals surface area contributed by atoms with Crippen molar-refractivity contribution >= 4 is 17.7 Å². The molecule has 0 unspecified atom stereocenters. The van der Waals surface area contributed by atoms with Crippen LogP contribution >= 0.6 is 0 Å². The predicted molar refractivity (Wildman–Crippen MR) is 156 cm³/mol. The highest BCUT2D eigenvalue weighted by Gasteiger charge is 2.65. The highest BCUT2D eigenvalue weighted by Crippen LogP contribution is 2.55. The Balaban J connectivity index is 1.77. The van der Waals surface area contributed by atoms with Crippen molar-refractivity contribution in [1.29, 1.82) is 0 Å². The van der Waals surface area contributed by atoms with Gasteiger partial charge in [0.2, 0.25) is 0 Å². The zero-order chi connectivity index (χ0) is 27.8. The summed E-state index contributed by atoms with van der Waals surface area (Å²) in [5.74, 6) is -1.02. The summed E-state index contributed by atoms with van der Waals surface area (Å²) in [7, 11) is 1.36. The minimum Gasteiger partial charge on any atom is -0.467 e. The van der Waals surface area contributed by atoms with Crippen LogP contribution in [0.4, 0.5) is 0 Å². The van der Waals surface area contributed by atoms with Gasteiger partial charge in [-0.3, -0.25) is 9.79 Å². The van der Waals surface area contributed by atoms with Gasteiger partial charge in [0, 0.05) is 11.1 Å². The third-order valence-corrected chi connectivity index (χ3v) is 7.80. The number of ether oxygens (including phenoxy) is 2. The SMILES string of the molecule is COC(=O)[C@](N=C(c1ccccc1)c1ccccc1)(c1ccccc1)C1(C(=O)OCc2ccccc2)CCCC1. The van der Waals surface area contributed by atoms with Gasteiger partial charge in [-0.05, 0) is 24.0 Å². The van der Waals surface area contributed by atoms with E-state index in [9.17, 15) is 9.59 Å². The van der Waals surface area contributed by atoms with Gasteiger partial charge in [0.15, 0.2) is 5.54 Å². The fraction of sp³-hybridized carbons (Fsp3) is 0.229. The Bertz CT molecular complexity index is 1410. The Morgan fingerprint density at radius 2 is 1.20 bits per heavy atom. The second-order valence-corrected chi connectivity index (χ2v) is 10.1. The molecule has 0 radical (unpaired) electrons. The molecule has 40 heavy (non-hydrogen) atoms. The van der Waals surface area contributed by atoms with E-state index in [4.69, 9.17) is 14.5 Å². The number of hydrogen-bond acceptors (Lipinski definition) is 5. The number of carbonyl (C=O) groups is 2. The quantitative estimate of drug-likeness (QED) is 0.174. The zero-order valence-electron chi connectivity index (χ0n) is 22.7. The van der Waals surface area contributed by atoms with Crippen molar-refractivity contribution in [2.45, 2.75) is 37.8 Å². The Morgan fingerprint density at radius 1 is 0.725 bits per heavy atom. The number of esters is 2. The van der Waals surface area contributed by atoms with Gasteiger partial charge < -0.3 is 9.47 Å². The smallest absolute Gasteiger partial charge is 0.339 e. The normalized spacial score (nSPS) is 15.4. The van der Waals surface area contributed by atoms with Crippen molar-refractivity contribution in [3.05, 3.63) is 144 Å². The van der Waals surface area contributed by atoms with Crippen LogP contribution in [0.5, 0.6) is 0 Å². The van der Waals surface area contributed by atoms with E-state index in [0.717, 1.165) is 29.5 Å². The number of rotatable bonds is 9. The second-order valence-electron chi connectivity index (χ2n) is 10.1. The van der Waals surface area contributed by atoms with Crippen LogP contribution in [0.3, 0.4) is 0 Å². The molecular formula is C35H33NO4. The average Bonchev–Trinajstić information content (AvgIpc) is 3.54. The summed E-state index contributed by atoms with van der Waals surface area (Å²) < 4.78 is 11.6. The monoisotopic (exact) mass is 531 g/mol. The summed E-state index contributed by atoms with van der Waals surface area (Å²) in [5, 5.41) is 0. The maximum atomic E-state index is 14.3. The van der Waals surface area contributed by atoms with Gasteiger partial charge in [-0.2, -0.15) is 0 Å². The van der Waals surface area contributed by atoms with Crippen LogP contribution < -0.4 is 0 Å². The molecule has 1 atom stereocenters. The topological polar surface area (TPSA) is 65.0 Å². The fourth-order valence-corrected chi connectivity index (χ4v) is 5.84. The first-order valence-electron chi connectivity index (χ1n) is 13.7. The summed E-state index contributed by atoms with van der Waals surface area (Å²) in [4.78, 5) is 34.0. The summed E-state index contributed by atoms with van der Waals surface area (Å²) in [6.45, 7) is 0.113. The molecule has 4 aromatic rings. The van der Waals surface area contributed by atoms with E-state index in [1.807, 2.05) is 121 Å². The van der Waals surface area contributed by atoms with Crippen LogP contribution in [0.25, 0.3) is 0 Å². The molecule has 0 amide bonds. The molecule has 1 aliphatic carbocycles. The first-order chi connectivity index (χ1) is 19.6. The number of benzene rings is 4. The van der Waals surface area contributed by atoms with Crippen molar-refractivity contribution < 1.29 is 19.1 Å². The number of hydrogen-bond donors (Lipinski definition) is 0. The Labute approximate surface area is 235 Å². The summed E-state index contributed by atoms with van der Waals surface area (Å²) >= 11 is 0. The molecule has 0 aliphatic heterocycles. The third-order valence-electron chi connectivity index (χ3n) is 7.80. The molecule has 0 saturated heterocycles. The van der Waals surface area contributed by atoms with E-state index in [-0.39, 0.29) is 6.61 Å².